The van der Waals surface area contributed by atoms with E-state index in [9.17, 15) is 4.79 Å². The van der Waals surface area contributed by atoms with Crippen LogP contribution in [0.5, 0.6) is 0 Å². The van der Waals surface area contributed by atoms with Gasteiger partial charge in [-0.3, -0.25) is 9.79 Å². The average molecular weight is 300 g/mol. The largest absolute Gasteiger partial charge is 0.310 e. The maximum atomic E-state index is 12.4. The van der Waals surface area contributed by atoms with Gasteiger partial charge in [-0.2, -0.15) is 0 Å². The van der Waals surface area contributed by atoms with Gasteiger partial charge in [-0.1, -0.05) is 46.8 Å². The summed E-state index contributed by atoms with van der Waals surface area (Å²) in [4.78, 5) is 18.6. The summed E-state index contributed by atoms with van der Waals surface area (Å²) in [6.07, 6.45) is 4.06. The summed E-state index contributed by atoms with van der Waals surface area (Å²) in [6, 6.07) is 6.44. The molecule has 1 aliphatic heterocycles. The van der Waals surface area contributed by atoms with Crippen LogP contribution >= 0.6 is 0 Å². The number of aryl methyl sites for hydroxylation is 1. The number of hydrogen-bond acceptors (Lipinski definition) is 2. The summed E-state index contributed by atoms with van der Waals surface area (Å²) in [7, 11) is 0. The lowest BCUT2D eigenvalue weighted by Crippen LogP contribution is -2.39. The zero-order valence-electron chi connectivity index (χ0n) is 14.5. The number of aliphatic imine (C=N–C) groups is 1. The number of carbonyl (C=O) groups excluding carboxylic acids is 1. The van der Waals surface area contributed by atoms with E-state index in [-0.39, 0.29) is 17.9 Å². The molecule has 1 aliphatic rings. The fourth-order valence-corrected chi connectivity index (χ4v) is 2.63. The first-order chi connectivity index (χ1) is 10.3. The SMILES string of the molecule is CC(C)CCc1ccc2c(c1)N(CC(C)(C)C)C(=O)CN=C2. The number of benzodiazepines with no additional fused rings is 1. The van der Waals surface area contributed by atoms with Gasteiger partial charge in [0.2, 0.25) is 5.91 Å². The summed E-state index contributed by atoms with van der Waals surface area (Å²) in [5.41, 5.74) is 3.42. The Morgan fingerprint density at radius 3 is 2.64 bits per heavy atom. The number of nitrogens with zero attached hydrogens (tertiary/aromatic N) is 2. The molecule has 0 saturated heterocycles. The highest BCUT2D eigenvalue weighted by Gasteiger charge is 2.25. The summed E-state index contributed by atoms with van der Waals surface area (Å²) >= 11 is 0. The summed E-state index contributed by atoms with van der Waals surface area (Å²) in [5.74, 6) is 0.776. The number of anilines is 1. The van der Waals surface area contributed by atoms with E-state index >= 15 is 0 Å². The third kappa shape index (κ3) is 4.43. The van der Waals surface area contributed by atoms with Gasteiger partial charge >= 0.3 is 0 Å². The number of rotatable bonds is 4. The van der Waals surface area contributed by atoms with Gasteiger partial charge in [-0.05, 0) is 35.8 Å². The van der Waals surface area contributed by atoms with Gasteiger partial charge in [-0.15, -0.1) is 0 Å². The average Bonchev–Trinajstić information content (AvgIpc) is 2.55. The second kappa shape index (κ2) is 6.64. The highest BCUT2D eigenvalue weighted by atomic mass is 16.2. The van der Waals surface area contributed by atoms with Gasteiger partial charge in [0.05, 0.1) is 5.69 Å². The van der Waals surface area contributed by atoms with Crippen LogP contribution in [-0.4, -0.2) is 25.2 Å². The standard InChI is InChI=1S/C19H28N2O/c1-14(2)6-7-15-8-9-16-11-20-12-18(22)21(17(16)10-15)13-19(3,4)5/h8-11,14H,6-7,12-13H2,1-5H3. The van der Waals surface area contributed by atoms with Crippen molar-refractivity contribution in [3.05, 3.63) is 29.3 Å². The zero-order chi connectivity index (χ0) is 16.3. The van der Waals surface area contributed by atoms with Crippen molar-refractivity contribution in [3.63, 3.8) is 0 Å². The van der Waals surface area contributed by atoms with E-state index in [0.717, 1.165) is 24.2 Å². The molecule has 0 radical (unpaired) electrons. The molecule has 0 aliphatic carbocycles. The van der Waals surface area contributed by atoms with Crippen LogP contribution in [0.25, 0.3) is 0 Å². The molecule has 0 saturated carbocycles. The minimum absolute atomic E-state index is 0.0607. The van der Waals surface area contributed by atoms with Crippen LogP contribution in [-0.2, 0) is 11.2 Å². The van der Waals surface area contributed by atoms with E-state index in [4.69, 9.17) is 0 Å². The van der Waals surface area contributed by atoms with E-state index in [1.807, 2.05) is 11.1 Å². The Morgan fingerprint density at radius 2 is 2.00 bits per heavy atom. The maximum Gasteiger partial charge on any atom is 0.248 e. The van der Waals surface area contributed by atoms with Crippen LogP contribution in [0.2, 0.25) is 0 Å². The van der Waals surface area contributed by atoms with Gasteiger partial charge in [0, 0.05) is 18.3 Å². The van der Waals surface area contributed by atoms with Crippen LogP contribution in [0.3, 0.4) is 0 Å². The van der Waals surface area contributed by atoms with Crippen molar-refractivity contribution in [2.24, 2.45) is 16.3 Å². The molecule has 3 nitrogen and oxygen atoms in total. The van der Waals surface area contributed by atoms with Crippen molar-refractivity contribution in [1.29, 1.82) is 0 Å². The molecule has 1 aromatic rings. The third-order valence-electron chi connectivity index (χ3n) is 3.79. The Hall–Kier alpha value is -1.64. The van der Waals surface area contributed by atoms with Crippen molar-refractivity contribution in [2.75, 3.05) is 18.0 Å². The Balaban J connectivity index is 2.34. The van der Waals surface area contributed by atoms with Gasteiger partial charge in [-0.25, -0.2) is 0 Å². The van der Waals surface area contributed by atoms with Gasteiger partial charge in [0.15, 0.2) is 0 Å². The first kappa shape index (κ1) is 16.7. The lowest BCUT2D eigenvalue weighted by molar-refractivity contribution is -0.117. The van der Waals surface area contributed by atoms with E-state index in [0.29, 0.717) is 5.92 Å². The number of amides is 1. The predicted octanol–water partition coefficient (Wildman–Crippen LogP) is 4.09. The normalized spacial score (nSPS) is 15.2. The second-order valence-electron chi connectivity index (χ2n) is 7.84. The Bertz CT molecular complexity index is 567. The molecule has 0 bridgehead atoms. The summed E-state index contributed by atoms with van der Waals surface area (Å²) < 4.78 is 0. The monoisotopic (exact) mass is 300 g/mol. The predicted molar refractivity (Wildman–Crippen MR) is 93.9 cm³/mol. The minimum atomic E-state index is 0.0607. The molecule has 0 N–H and O–H groups in total. The van der Waals surface area contributed by atoms with Crippen molar-refractivity contribution in [3.8, 4) is 0 Å². The molecular formula is C19H28N2O. The van der Waals surface area contributed by atoms with Crippen molar-refractivity contribution in [1.82, 2.24) is 0 Å². The van der Waals surface area contributed by atoms with E-state index in [1.54, 1.807) is 0 Å². The molecule has 0 spiro atoms. The van der Waals surface area contributed by atoms with Crippen LogP contribution in [0, 0.1) is 11.3 Å². The maximum absolute atomic E-state index is 12.4. The number of carbonyl (C=O) groups is 1. The molecule has 0 unspecified atom stereocenters. The molecular weight excluding hydrogens is 272 g/mol. The van der Waals surface area contributed by atoms with Gasteiger partial charge in [0.25, 0.3) is 0 Å². The molecule has 1 heterocycles. The molecule has 1 amide bonds. The van der Waals surface area contributed by atoms with Crippen LogP contribution in [0.4, 0.5) is 5.69 Å². The highest BCUT2D eigenvalue weighted by Crippen LogP contribution is 2.28. The van der Waals surface area contributed by atoms with Crippen molar-refractivity contribution >= 4 is 17.8 Å². The molecule has 0 fully saturated rings. The Labute approximate surface area is 134 Å². The van der Waals surface area contributed by atoms with Gasteiger partial charge in [0.1, 0.15) is 6.54 Å². The third-order valence-corrected chi connectivity index (χ3v) is 3.79. The highest BCUT2D eigenvalue weighted by molar-refractivity contribution is 6.03. The summed E-state index contributed by atoms with van der Waals surface area (Å²) in [5, 5.41) is 0. The first-order valence-electron chi connectivity index (χ1n) is 8.19. The minimum Gasteiger partial charge on any atom is -0.310 e. The molecule has 120 valence electrons. The molecule has 2 rings (SSSR count). The molecule has 0 atom stereocenters. The quantitative estimate of drug-likeness (QED) is 0.824. The molecule has 3 heteroatoms. The molecule has 22 heavy (non-hydrogen) atoms. The smallest absolute Gasteiger partial charge is 0.248 e. The Morgan fingerprint density at radius 1 is 1.27 bits per heavy atom. The van der Waals surface area contributed by atoms with Crippen LogP contribution < -0.4 is 4.90 Å². The van der Waals surface area contributed by atoms with Crippen LogP contribution in [0.15, 0.2) is 23.2 Å². The van der Waals surface area contributed by atoms with Crippen molar-refractivity contribution in [2.45, 2.75) is 47.5 Å². The van der Waals surface area contributed by atoms with Crippen LogP contribution in [0.1, 0.15) is 52.2 Å². The lowest BCUT2D eigenvalue weighted by atomic mass is 9.94. The van der Waals surface area contributed by atoms with E-state index in [2.05, 4.69) is 57.8 Å². The number of hydrogen-bond donors (Lipinski definition) is 0. The zero-order valence-corrected chi connectivity index (χ0v) is 14.5. The topological polar surface area (TPSA) is 32.7 Å². The lowest BCUT2D eigenvalue weighted by Gasteiger charge is -2.30. The van der Waals surface area contributed by atoms with E-state index in [1.165, 1.54) is 12.0 Å². The fourth-order valence-electron chi connectivity index (χ4n) is 2.63. The van der Waals surface area contributed by atoms with Gasteiger partial charge < -0.3 is 4.90 Å². The van der Waals surface area contributed by atoms with E-state index < -0.39 is 0 Å². The first-order valence-corrected chi connectivity index (χ1v) is 8.19. The molecule has 0 aromatic heterocycles. The second-order valence-corrected chi connectivity index (χ2v) is 7.84. The molecule has 1 aromatic carbocycles. The fraction of sp³-hybridized carbons (Fsp3) is 0.579. The Kier molecular flexibility index (Phi) is 5.05. The van der Waals surface area contributed by atoms with Crippen molar-refractivity contribution < 1.29 is 4.79 Å². The summed E-state index contributed by atoms with van der Waals surface area (Å²) in [6.45, 7) is 11.9. The number of fused-ring (bicyclic) bond motifs is 1. The number of benzene rings is 1.